The summed E-state index contributed by atoms with van der Waals surface area (Å²) in [5.74, 6) is 2.37. The zero-order valence-electron chi connectivity index (χ0n) is 16.4. The number of ether oxygens (including phenoxy) is 1. The van der Waals surface area contributed by atoms with Gasteiger partial charge in [-0.05, 0) is 57.8 Å². The summed E-state index contributed by atoms with van der Waals surface area (Å²) in [6, 6.07) is 0.936. The van der Waals surface area contributed by atoms with E-state index in [1.807, 2.05) is 16.7 Å². The molecule has 0 radical (unpaired) electrons. The van der Waals surface area contributed by atoms with Gasteiger partial charge in [0, 0.05) is 50.7 Å². The Labute approximate surface area is 156 Å². The number of hydrogen-bond acceptors (Lipinski definition) is 4. The molecule has 2 aliphatic carbocycles. The van der Waals surface area contributed by atoms with Crippen molar-refractivity contribution < 1.29 is 14.3 Å². The number of carbonyl (C=O) groups excluding carboxylic acids is 2. The van der Waals surface area contributed by atoms with Crippen molar-refractivity contribution in [1.29, 1.82) is 0 Å². The molecule has 6 atom stereocenters. The molecule has 3 aliphatic heterocycles. The van der Waals surface area contributed by atoms with E-state index in [0.717, 1.165) is 45.6 Å². The molecule has 0 aromatic rings. The molecule has 6 heteroatoms. The minimum Gasteiger partial charge on any atom is -0.450 e. The van der Waals surface area contributed by atoms with Crippen molar-refractivity contribution >= 4 is 12.0 Å². The Hall–Kier alpha value is -1.30. The van der Waals surface area contributed by atoms with Gasteiger partial charge >= 0.3 is 6.09 Å². The second-order valence-electron chi connectivity index (χ2n) is 8.46. The summed E-state index contributed by atoms with van der Waals surface area (Å²) >= 11 is 0. The van der Waals surface area contributed by atoms with E-state index in [1.165, 1.54) is 6.42 Å². The van der Waals surface area contributed by atoms with Gasteiger partial charge in [0.15, 0.2) is 0 Å². The topological polar surface area (TPSA) is 53.1 Å². The first kappa shape index (κ1) is 18.1. The molecule has 0 aromatic heterocycles. The molecule has 2 saturated carbocycles. The highest BCUT2D eigenvalue weighted by Gasteiger charge is 2.61. The number of piperidine rings is 3. The first-order chi connectivity index (χ1) is 12.6. The van der Waals surface area contributed by atoms with Gasteiger partial charge in [0.1, 0.15) is 0 Å². The second-order valence-corrected chi connectivity index (χ2v) is 8.46. The summed E-state index contributed by atoms with van der Waals surface area (Å²) in [5.41, 5.74) is 0. The molecule has 2 unspecified atom stereocenters. The molecule has 146 valence electrons. The molecule has 3 heterocycles. The van der Waals surface area contributed by atoms with Gasteiger partial charge in [-0.1, -0.05) is 0 Å². The fourth-order valence-electron chi connectivity index (χ4n) is 5.91. The number of carbonyl (C=O) groups is 2. The molecule has 26 heavy (non-hydrogen) atoms. The van der Waals surface area contributed by atoms with Crippen LogP contribution in [0.4, 0.5) is 4.79 Å². The largest absolute Gasteiger partial charge is 0.450 e. The minimum atomic E-state index is -0.130. The summed E-state index contributed by atoms with van der Waals surface area (Å²) < 4.78 is 5.23. The van der Waals surface area contributed by atoms with Crippen molar-refractivity contribution in [2.75, 3.05) is 39.3 Å². The second kappa shape index (κ2) is 7.02. The molecular weight excluding hydrogens is 330 g/mol. The molecule has 6 nitrogen and oxygen atoms in total. The Morgan fingerprint density at radius 1 is 1.04 bits per heavy atom. The number of fused-ring (bicyclic) bond motifs is 4. The van der Waals surface area contributed by atoms with Gasteiger partial charge in [0.05, 0.1) is 6.61 Å². The Morgan fingerprint density at radius 2 is 1.73 bits per heavy atom. The number of amides is 2. The van der Waals surface area contributed by atoms with Crippen LogP contribution in [-0.4, -0.2) is 78.1 Å². The van der Waals surface area contributed by atoms with Crippen molar-refractivity contribution in [3.63, 3.8) is 0 Å². The van der Waals surface area contributed by atoms with Gasteiger partial charge in [0.2, 0.25) is 5.91 Å². The van der Waals surface area contributed by atoms with Gasteiger partial charge < -0.3 is 14.5 Å². The minimum absolute atomic E-state index is 0.130. The number of likely N-dealkylation sites (tertiary alicyclic amines) is 1. The molecule has 5 fully saturated rings. The third-order valence-corrected chi connectivity index (χ3v) is 7.35. The molecule has 2 amide bonds. The highest BCUT2D eigenvalue weighted by molar-refractivity contribution is 5.82. The SMILES string of the molecule is CCOC(=O)N1C[C@@H]2CC[C@H]1CC2N1C[C@@H]2C(C(=O)N(CC)CC)[C@@H]2C1. The van der Waals surface area contributed by atoms with E-state index < -0.39 is 0 Å². The van der Waals surface area contributed by atoms with Crippen LogP contribution in [0.2, 0.25) is 0 Å². The molecule has 0 aromatic carbocycles. The molecule has 2 bridgehead atoms. The smallest absolute Gasteiger partial charge is 0.410 e. The van der Waals surface area contributed by atoms with Gasteiger partial charge in [-0.25, -0.2) is 4.79 Å². The lowest BCUT2D eigenvalue weighted by Crippen LogP contribution is -2.60. The average molecular weight is 364 g/mol. The van der Waals surface area contributed by atoms with Gasteiger partial charge in [-0.15, -0.1) is 0 Å². The Kier molecular flexibility index (Phi) is 4.88. The maximum atomic E-state index is 12.6. The predicted octanol–water partition coefficient (Wildman–Crippen LogP) is 2.04. The fourth-order valence-corrected chi connectivity index (χ4v) is 5.91. The number of nitrogens with zero attached hydrogens (tertiary/aromatic N) is 3. The van der Waals surface area contributed by atoms with Crippen LogP contribution >= 0.6 is 0 Å². The van der Waals surface area contributed by atoms with Gasteiger partial charge in [-0.3, -0.25) is 9.69 Å². The fraction of sp³-hybridized carbons (Fsp3) is 0.900. The molecule has 0 spiro atoms. The van der Waals surface area contributed by atoms with Crippen LogP contribution in [0.15, 0.2) is 0 Å². The van der Waals surface area contributed by atoms with E-state index in [4.69, 9.17) is 4.74 Å². The van der Waals surface area contributed by atoms with Crippen molar-refractivity contribution in [1.82, 2.24) is 14.7 Å². The highest BCUT2D eigenvalue weighted by Crippen LogP contribution is 2.54. The summed E-state index contributed by atoms with van der Waals surface area (Å²) in [4.78, 5) is 31.4. The van der Waals surface area contributed by atoms with E-state index in [1.54, 1.807) is 0 Å². The first-order valence-electron chi connectivity index (χ1n) is 10.5. The van der Waals surface area contributed by atoms with Crippen LogP contribution in [0.25, 0.3) is 0 Å². The molecular formula is C20H33N3O3. The van der Waals surface area contributed by atoms with Crippen LogP contribution in [0, 0.1) is 23.7 Å². The van der Waals surface area contributed by atoms with Crippen LogP contribution in [0.3, 0.4) is 0 Å². The van der Waals surface area contributed by atoms with E-state index in [0.29, 0.717) is 42.4 Å². The Bertz CT molecular complexity index is 553. The highest BCUT2D eigenvalue weighted by atomic mass is 16.6. The van der Waals surface area contributed by atoms with Crippen molar-refractivity contribution in [3.05, 3.63) is 0 Å². The predicted molar refractivity (Wildman–Crippen MR) is 98.6 cm³/mol. The summed E-state index contributed by atoms with van der Waals surface area (Å²) in [5, 5.41) is 0. The molecule has 5 aliphatic rings. The van der Waals surface area contributed by atoms with Crippen molar-refractivity contribution in [2.24, 2.45) is 23.7 Å². The normalized spacial score (nSPS) is 38.2. The standard InChI is InChI=1S/C20H33N3O3/c1-4-21(5-2)19(24)18-15-11-22(12-16(15)18)17-9-14-8-7-13(17)10-23(14)20(25)26-6-3/h13-18H,4-12H2,1-3H3/t13-,14-,15-,16+,17?,18?/m0/s1. The van der Waals surface area contributed by atoms with E-state index in [-0.39, 0.29) is 12.0 Å². The number of hydrogen-bond donors (Lipinski definition) is 0. The summed E-state index contributed by atoms with van der Waals surface area (Å²) in [6.07, 6.45) is 3.29. The number of rotatable bonds is 5. The van der Waals surface area contributed by atoms with Crippen molar-refractivity contribution in [2.45, 2.75) is 52.1 Å². The Balaban J connectivity index is 1.32. The van der Waals surface area contributed by atoms with Crippen LogP contribution in [0.5, 0.6) is 0 Å². The third kappa shape index (κ3) is 2.90. The van der Waals surface area contributed by atoms with E-state index in [9.17, 15) is 9.59 Å². The summed E-state index contributed by atoms with van der Waals surface area (Å²) in [7, 11) is 0. The van der Waals surface area contributed by atoms with Gasteiger partial charge in [-0.2, -0.15) is 0 Å². The lowest BCUT2D eigenvalue weighted by molar-refractivity contribution is -0.133. The summed E-state index contributed by atoms with van der Waals surface area (Å²) in [6.45, 7) is 11.1. The van der Waals surface area contributed by atoms with Crippen LogP contribution in [0.1, 0.15) is 40.0 Å². The maximum Gasteiger partial charge on any atom is 0.410 e. The average Bonchev–Trinajstić information content (AvgIpc) is 3.16. The van der Waals surface area contributed by atoms with Crippen molar-refractivity contribution in [3.8, 4) is 0 Å². The molecule has 3 saturated heterocycles. The van der Waals surface area contributed by atoms with Crippen LogP contribution in [-0.2, 0) is 9.53 Å². The molecule has 5 rings (SSSR count). The maximum absolute atomic E-state index is 12.6. The van der Waals surface area contributed by atoms with Gasteiger partial charge in [0.25, 0.3) is 0 Å². The van der Waals surface area contributed by atoms with Crippen LogP contribution < -0.4 is 0 Å². The van der Waals surface area contributed by atoms with E-state index in [2.05, 4.69) is 18.7 Å². The van der Waals surface area contributed by atoms with E-state index >= 15 is 0 Å². The zero-order valence-corrected chi connectivity index (χ0v) is 16.4. The lowest BCUT2D eigenvalue weighted by Gasteiger charge is -2.51. The molecule has 0 N–H and O–H groups in total. The monoisotopic (exact) mass is 363 g/mol. The Morgan fingerprint density at radius 3 is 2.27 bits per heavy atom. The lowest BCUT2D eigenvalue weighted by atomic mass is 9.75. The third-order valence-electron chi connectivity index (χ3n) is 7.35. The zero-order chi connectivity index (χ0) is 18.4. The first-order valence-corrected chi connectivity index (χ1v) is 10.5. The quantitative estimate of drug-likeness (QED) is 0.750.